The summed E-state index contributed by atoms with van der Waals surface area (Å²) >= 11 is 0. The number of ether oxygens (including phenoxy) is 2. The van der Waals surface area contributed by atoms with Crippen molar-refractivity contribution in [1.29, 1.82) is 0 Å². The minimum Gasteiger partial charge on any atom is -0.343 e. The van der Waals surface area contributed by atoms with Gasteiger partial charge in [-0.15, -0.1) is 0 Å². The van der Waals surface area contributed by atoms with Crippen LogP contribution in [0, 0.1) is 23.2 Å². The number of fused-ring (bicyclic) bond motifs is 3. The molecule has 1 N–H and O–H groups in total. The maximum absolute atomic E-state index is 15.2. The van der Waals surface area contributed by atoms with Gasteiger partial charge in [0, 0.05) is 29.8 Å². The normalized spacial score (nSPS) is 24.8. The molecule has 3 aromatic rings. The Labute approximate surface area is 322 Å². The third kappa shape index (κ3) is 6.19. The molecule has 6 nitrogen and oxygen atoms in total. The maximum atomic E-state index is 15.2. The second kappa shape index (κ2) is 14.3. The Hall–Kier alpha value is -3.97. The molecule has 6 heteroatoms. The SMILES string of the molecule is CCOC(O)(OCC)C(Cc1ccccc1)c1ccc(-c2cc(C(C)C)c3c(c2C)C(=O)C2=C(C)C4(C)C(=O)C(C(C)=O)=C(C)CC4(C)CC2(C)C3)cc1. The van der Waals surface area contributed by atoms with E-state index in [0.29, 0.717) is 31.3 Å². The number of allylic oxidation sites excluding steroid dienone is 4. The fourth-order valence-corrected chi connectivity index (χ4v) is 10.7. The number of carbonyl (C=O) groups excluding carboxylic acids is 3. The van der Waals surface area contributed by atoms with Gasteiger partial charge in [0.15, 0.2) is 17.3 Å². The van der Waals surface area contributed by atoms with E-state index in [9.17, 15) is 14.7 Å². The van der Waals surface area contributed by atoms with Crippen molar-refractivity contribution in [3.05, 3.63) is 116 Å². The van der Waals surface area contributed by atoms with E-state index in [0.717, 1.165) is 61.2 Å². The number of hydrogen-bond acceptors (Lipinski definition) is 6. The van der Waals surface area contributed by atoms with Gasteiger partial charge >= 0.3 is 0 Å². The molecule has 0 bridgehead atoms. The van der Waals surface area contributed by atoms with Crippen molar-refractivity contribution in [1.82, 2.24) is 0 Å². The summed E-state index contributed by atoms with van der Waals surface area (Å²) in [6.07, 6.45) is 2.56. The van der Waals surface area contributed by atoms with E-state index in [4.69, 9.17) is 9.47 Å². The average molecular weight is 731 g/mol. The highest BCUT2D eigenvalue weighted by atomic mass is 16.8. The largest absolute Gasteiger partial charge is 0.343 e. The van der Waals surface area contributed by atoms with Crippen LogP contribution in [-0.4, -0.2) is 41.6 Å². The van der Waals surface area contributed by atoms with Gasteiger partial charge in [-0.1, -0.05) is 99.5 Å². The Morgan fingerprint density at radius 2 is 1.52 bits per heavy atom. The Balaban J connectivity index is 1.48. The molecular formula is C48H58O6. The van der Waals surface area contributed by atoms with Crippen LogP contribution in [0.5, 0.6) is 0 Å². The lowest BCUT2D eigenvalue weighted by Gasteiger charge is -2.59. The summed E-state index contributed by atoms with van der Waals surface area (Å²) in [6.45, 7) is 22.4. The van der Waals surface area contributed by atoms with Crippen LogP contribution in [0.3, 0.4) is 0 Å². The Kier molecular flexibility index (Phi) is 10.5. The number of carbonyl (C=O) groups is 3. The molecule has 286 valence electrons. The predicted octanol–water partition coefficient (Wildman–Crippen LogP) is 10.2. The fourth-order valence-electron chi connectivity index (χ4n) is 10.7. The van der Waals surface area contributed by atoms with Crippen LogP contribution in [0.1, 0.15) is 132 Å². The van der Waals surface area contributed by atoms with E-state index in [1.165, 1.54) is 6.92 Å². The van der Waals surface area contributed by atoms with Crippen molar-refractivity contribution < 1.29 is 29.0 Å². The van der Waals surface area contributed by atoms with Gasteiger partial charge in [-0.2, -0.15) is 0 Å². The van der Waals surface area contributed by atoms with E-state index in [-0.39, 0.29) is 36.5 Å². The average Bonchev–Trinajstić information content (AvgIpc) is 3.09. The van der Waals surface area contributed by atoms with Gasteiger partial charge < -0.3 is 14.6 Å². The first-order valence-electron chi connectivity index (χ1n) is 19.7. The monoisotopic (exact) mass is 730 g/mol. The lowest BCUT2D eigenvalue weighted by Crippen LogP contribution is -2.57. The molecule has 0 saturated carbocycles. The summed E-state index contributed by atoms with van der Waals surface area (Å²) in [5.41, 5.74) is 8.70. The molecule has 0 aromatic heterocycles. The van der Waals surface area contributed by atoms with Crippen molar-refractivity contribution >= 4 is 17.3 Å². The van der Waals surface area contributed by atoms with Crippen LogP contribution in [-0.2, 0) is 31.9 Å². The molecular weight excluding hydrogens is 673 g/mol. The zero-order valence-corrected chi connectivity index (χ0v) is 34.2. The van der Waals surface area contributed by atoms with Gasteiger partial charge in [-0.25, -0.2) is 0 Å². The molecule has 0 saturated heterocycles. The van der Waals surface area contributed by atoms with Crippen molar-refractivity contribution in [2.24, 2.45) is 16.2 Å². The first-order valence-corrected chi connectivity index (χ1v) is 19.7. The first kappa shape index (κ1) is 39.7. The lowest BCUT2D eigenvalue weighted by molar-refractivity contribution is -0.369. The van der Waals surface area contributed by atoms with Gasteiger partial charge in [0.25, 0.3) is 5.97 Å². The van der Waals surface area contributed by atoms with Gasteiger partial charge in [-0.3, -0.25) is 14.4 Å². The molecule has 54 heavy (non-hydrogen) atoms. The lowest BCUT2D eigenvalue weighted by atomic mass is 9.42. The minimum atomic E-state index is -1.82. The topological polar surface area (TPSA) is 89.9 Å². The third-order valence-electron chi connectivity index (χ3n) is 13.3. The number of Topliss-reactive ketones (excluding diaryl/α,β-unsaturated/α-hetero) is 3. The van der Waals surface area contributed by atoms with Gasteiger partial charge in [0.2, 0.25) is 0 Å². The maximum Gasteiger partial charge on any atom is 0.287 e. The smallest absolute Gasteiger partial charge is 0.287 e. The Bertz CT molecular complexity index is 2060. The number of benzene rings is 3. The highest BCUT2D eigenvalue weighted by molar-refractivity contribution is 6.24. The van der Waals surface area contributed by atoms with E-state index in [2.05, 4.69) is 45.9 Å². The molecule has 0 fully saturated rings. The van der Waals surface area contributed by atoms with E-state index < -0.39 is 28.1 Å². The second-order valence-corrected chi connectivity index (χ2v) is 17.2. The van der Waals surface area contributed by atoms with Crippen molar-refractivity contribution in [3.8, 4) is 11.1 Å². The van der Waals surface area contributed by atoms with Gasteiger partial charge in [0.05, 0.1) is 16.9 Å². The van der Waals surface area contributed by atoms with Crippen molar-refractivity contribution in [2.45, 2.75) is 120 Å². The van der Waals surface area contributed by atoms with E-state index >= 15 is 4.79 Å². The predicted molar refractivity (Wildman–Crippen MR) is 214 cm³/mol. The van der Waals surface area contributed by atoms with Crippen LogP contribution in [0.15, 0.2) is 83.0 Å². The standard InChI is InChI=1S/C48H58O6/c1-12-53-48(52,54-13-2)39(23-33-17-15-14-16-18-33)35-21-19-34(20-22-35)37-24-36(28(3)4)38-26-45(9)27-46(10)25-29(5)40(32(8)49)44(51)47(46,11)31(7)42(45)43(50)41(38)30(37)6/h14-22,24,28,39,52H,12-13,23,25-27H2,1-11H3. The minimum absolute atomic E-state index is 0.00210. The molecule has 0 spiro atoms. The van der Waals surface area contributed by atoms with Crippen LogP contribution in [0.25, 0.3) is 11.1 Å². The summed E-state index contributed by atoms with van der Waals surface area (Å²) in [5, 5.41) is 11.8. The number of ketones is 3. The summed E-state index contributed by atoms with van der Waals surface area (Å²) in [7, 11) is 0. The van der Waals surface area contributed by atoms with Crippen LogP contribution in [0.2, 0.25) is 0 Å². The number of hydrogen-bond donors (Lipinski definition) is 1. The number of rotatable bonds is 11. The molecule has 0 aliphatic heterocycles. The molecule has 0 heterocycles. The van der Waals surface area contributed by atoms with Crippen LogP contribution < -0.4 is 0 Å². The molecule has 4 unspecified atom stereocenters. The summed E-state index contributed by atoms with van der Waals surface area (Å²) in [5.74, 6) is -2.49. The van der Waals surface area contributed by atoms with E-state index in [1.54, 1.807) is 0 Å². The second-order valence-electron chi connectivity index (χ2n) is 17.2. The molecule has 3 aliphatic carbocycles. The molecule has 0 amide bonds. The molecule has 3 aliphatic rings. The zero-order valence-electron chi connectivity index (χ0n) is 34.2. The van der Waals surface area contributed by atoms with Gasteiger partial charge in [0.1, 0.15) is 0 Å². The first-order chi connectivity index (χ1) is 25.4. The highest BCUT2D eigenvalue weighted by Crippen LogP contribution is 2.66. The molecule has 4 atom stereocenters. The van der Waals surface area contributed by atoms with Gasteiger partial charge in [-0.05, 0) is 124 Å². The van der Waals surface area contributed by atoms with Crippen LogP contribution in [0.4, 0.5) is 0 Å². The summed E-state index contributed by atoms with van der Waals surface area (Å²) in [4.78, 5) is 42.4. The molecule has 3 aromatic carbocycles. The zero-order chi connectivity index (χ0) is 39.5. The highest BCUT2D eigenvalue weighted by Gasteiger charge is 2.63. The van der Waals surface area contributed by atoms with E-state index in [1.807, 2.05) is 84.0 Å². The Morgan fingerprint density at radius 1 is 0.907 bits per heavy atom. The van der Waals surface area contributed by atoms with Crippen molar-refractivity contribution in [2.75, 3.05) is 13.2 Å². The quantitative estimate of drug-likeness (QED) is 0.156. The van der Waals surface area contributed by atoms with Crippen molar-refractivity contribution in [3.63, 3.8) is 0 Å². The molecule has 0 radical (unpaired) electrons. The fraction of sp³-hybridized carbons (Fsp3) is 0.479. The summed E-state index contributed by atoms with van der Waals surface area (Å²) in [6, 6.07) is 20.5. The Morgan fingerprint density at radius 3 is 2.07 bits per heavy atom. The van der Waals surface area contributed by atoms with Crippen LogP contribution >= 0.6 is 0 Å². The summed E-state index contributed by atoms with van der Waals surface area (Å²) < 4.78 is 11.8. The third-order valence-corrected chi connectivity index (χ3v) is 13.3. The number of aliphatic hydroxyl groups is 1. The molecule has 6 rings (SSSR count).